The summed E-state index contributed by atoms with van der Waals surface area (Å²) < 4.78 is 7.16. The van der Waals surface area contributed by atoms with Gasteiger partial charge in [-0.2, -0.15) is 0 Å². The number of aromatic nitrogens is 3. The lowest BCUT2D eigenvalue weighted by Gasteiger charge is -2.24. The standard InChI is InChI=1S/C18H24N4O4/c1-11(2)21(10-16(23)24)18(25)17-13(5)22(20-19-17)14-6-8-15(9-7-14)26-12(3)4/h6-9,11-12H,10H2,1-5H3,(H,23,24). The second-order valence-corrected chi connectivity index (χ2v) is 6.52. The molecule has 0 fully saturated rings. The van der Waals surface area contributed by atoms with Crippen LogP contribution < -0.4 is 4.74 Å². The maximum Gasteiger partial charge on any atom is 0.323 e. The fourth-order valence-electron chi connectivity index (χ4n) is 2.48. The molecule has 0 saturated carbocycles. The van der Waals surface area contributed by atoms with E-state index >= 15 is 0 Å². The van der Waals surface area contributed by atoms with Gasteiger partial charge < -0.3 is 14.7 Å². The molecular weight excluding hydrogens is 336 g/mol. The molecule has 1 heterocycles. The van der Waals surface area contributed by atoms with Gasteiger partial charge in [0.15, 0.2) is 5.69 Å². The Balaban J connectivity index is 2.28. The lowest BCUT2D eigenvalue weighted by molar-refractivity contribution is -0.138. The Morgan fingerprint density at radius 1 is 1.19 bits per heavy atom. The van der Waals surface area contributed by atoms with Crippen molar-refractivity contribution >= 4 is 11.9 Å². The molecule has 0 atom stereocenters. The minimum absolute atomic E-state index is 0.0782. The topological polar surface area (TPSA) is 97.5 Å². The van der Waals surface area contributed by atoms with Crippen LogP contribution in [0.1, 0.15) is 43.9 Å². The summed E-state index contributed by atoms with van der Waals surface area (Å²) >= 11 is 0. The average molecular weight is 360 g/mol. The Kier molecular flexibility index (Phi) is 5.97. The van der Waals surface area contributed by atoms with E-state index in [1.807, 2.05) is 38.1 Å². The number of benzene rings is 1. The number of aliphatic carboxylic acids is 1. The van der Waals surface area contributed by atoms with Crippen LogP contribution in [0.15, 0.2) is 24.3 Å². The summed E-state index contributed by atoms with van der Waals surface area (Å²) in [5.41, 5.74) is 1.42. The molecule has 1 aromatic carbocycles. The second kappa shape index (κ2) is 7.99. The van der Waals surface area contributed by atoms with Crippen LogP contribution in [0.5, 0.6) is 5.75 Å². The normalized spacial score (nSPS) is 11.0. The molecule has 1 N–H and O–H groups in total. The number of carboxylic acid groups (broad SMARTS) is 1. The fraction of sp³-hybridized carbons (Fsp3) is 0.444. The second-order valence-electron chi connectivity index (χ2n) is 6.52. The van der Waals surface area contributed by atoms with Gasteiger partial charge in [0.05, 0.1) is 17.5 Å². The molecule has 0 aliphatic carbocycles. The third-order valence-corrected chi connectivity index (χ3v) is 3.74. The van der Waals surface area contributed by atoms with Crippen LogP contribution in [0.4, 0.5) is 0 Å². The zero-order chi connectivity index (χ0) is 19.4. The highest BCUT2D eigenvalue weighted by atomic mass is 16.5. The predicted molar refractivity (Wildman–Crippen MR) is 95.7 cm³/mol. The van der Waals surface area contributed by atoms with Gasteiger partial charge in [-0.05, 0) is 58.9 Å². The van der Waals surface area contributed by atoms with Gasteiger partial charge in [-0.15, -0.1) is 5.10 Å². The van der Waals surface area contributed by atoms with Crippen molar-refractivity contribution in [2.45, 2.75) is 46.8 Å². The molecule has 0 saturated heterocycles. The third-order valence-electron chi connectivity index (χ3n) is 3.74. The summed E-state index contributed by atoms with van der Waals surface area (Å²) in [6.07, 6.45) is 0.0782. The number of carbonyl (C=O) groups excluding carboxylic acids is 1. The van der Waals surface area contributed by atoms with Crippen LogP contribution in [0.25, 0.3) is 5.69 Å². The first-order chi connectivity index (χ1) is 12.2. The van der Waals surface area contributed by atoms with Crippen molar-refractivity contribution in [2.75, 3.05) is 6.54 Å². The Morgan fingerprint density at radius 2 is 1.81 bits per heavy atom. The fourth-order valence-corrected chi connectivity index (χ4v) is 2.48. The Bertz CT molecular complexity index is 781. The van der Waals surface area contributed by atoms with Gasteiger partial charge in [-0.25, -0.2) is 4.68 Å². The van der Waals surface area contributed by atoms with Crippen molar-refractivity contribution in [1.82, 2.24) is 19.9 Å². The van der Waals surface area contributed by atoms with E-state index in [-0.39, 0.29) is 24.4 Å². The molecular formula is C18H24N4O4. The molecule has 8 nitrogen and oxygen atoms in total. The van der Waals surface area contributed by atoms with Gasteiger partial charge in [-0.3, -0.25) is 9.59 Å². The maximum absolute atomic E-state index is 12.7. The highest BCUT2D eigenvalue weighted by Crippen LogP contribution is 2.19. The number of hydrogen-bond acceptors (Lipinski definition) is 5. The number of ether oxygens (including phenoxy) is 1. The van der Waals surface area contributed by atoms with Crippen molar-refractivity contribution in [3.8, 4) is 11.4 Å². The van der Waals surface area contributed by atoms with Crippen LogP contribution >= 0.6 is 0 Å². The summed E-state index contributed by atoms with van der Waals surface area (Å²) in [6, 6.07) is 7.03. The summed E-state index contributed by atoms with van der Waals surface area (Å²) in [5, 5.41) is 17.0. The largest absolute Gasteiger partial charge is 0.491 e. The van der Waals surface area contributed by atoms with Crippen LogP contribution in [0, 0.1) is 6.92 Å². The highest BCUT2D eigenvalue weighted by Gasteiger charge is 2.26. The van der Waals surface area contributed by atoms with Gasteiger partial charge in [0.25, 0.3) is 5.91 Å². The Labute approximate surface area is 152 Å². The maximum atomic E-state index is 12.7. The van der Waals surface area contributed by atoms with Crippen molar-refractivity contribution < 1.29 is 19.4 Å². The smallest absolute Gasteiger partial charge is 0.323 e. The molecule has 0 aliphatic rings. The minimum Gasteiger partial charge on any atom is -0.491 e. The lowest BCUT2D eigenvalue weighted by Crippen LogP contribution is -2.41. The third kappa shape index (κ3) is 4.38. The SMILES string of the molecule is Cc1c(C(=O)N(CC(=O)O)C(C)C)nnn1-c1ccc(OC(C)C)cc1. The average Bonchev–Trinajstić information content (AvgIpc) is 2.93. The molecule has 1 amide bonds. The van der Waals surface area contributed by atoms with Crippen LogP contribution in [-0.2, 0) is 4.79 Å². The molecule has 0 spiro atoms. The van der Waals surface area contributed by atoms with E-state index in [1.165, 1.54) is 4.90 Å². The molecule has 2 rings (SSSR count). The Hall–Kier alpha value is -2.90. The number of hydrogen-bond donors (Lipinski definition) is 1. The monoisotopic (exact) mass is 360 g/mol. The predicted octanol–water partition coefficient (Wildman–Crippen LogP) is 2.30. The molecule has 0 radical (unpaired) electrons. The number of amides is 1. The zero-order valence-corrected chi connectivity index (χ0v) is 15.6. The van der Waals surface area contributed by atoms with Crippen molar-refractivity contribution in [3.05, 3.63) is 35.7 Å². The molecule has 0 aliphatic heterocycles. The molecule has 0 unspecified atom stereocenters. The van der Waals surface area contributed by atoms with Gasteiger partial charge in [0.2, 0.25) is 0 Å². The van der Waals surface area contributed by atoms with Crippen LogP contribution in [0.2, 0.25) is 0 Å². The highest BCUT2D eigenvalue weighted by molar-refractivity contribution is 5.95. The van der Waals surface area contributed by atoms with Crippen LogP contribution in [0.3, 0.4) is 0 Å². The van der Waals surface area contributed by atoms with E-state index in [4.69, 9.17) is 9.84 Å². The summed E-state index contributed by atoms with van der Waals surface area (Å²) in [6.45, 7) is 8.76. The zero-order valence-electron chi connectivity index (χ0n) is 15.6. The van der Waals surface area contributed by atoms with E-state index in [1.54, 1.807) is 25.5 Å². The lowest BCUT2D eigenvalue weighted by atomic mass is 10.2. The van der Waals surface area contributed by atoms with Crippen molar-refractivity contribution in [1.29, 1.82) is 0 Å². The molecule has 140 valence electrons. The molecule has 0 bridgehead atoms. The number of rotatable bonds is 7. The summed E-state index contributed by atoms with van der Waals surface area (Å²) in [7, 11) is 0. The van der Waals surface area contributed by atoms with Crippen molar-refractivity contribution in [2.24, 2.45) is 0 Å². The van der Waals surface area contributed by atoms with E-state index in [9.17, 15) is 9.59 Å². The first-order valence-corrected chi connectivity index (χ1v) is 8.42. The first-order valence-electron chi connectivity index (χ1n) is 8.42. The van der Waals surface area contributed by atoms with Gasteiger partial charge in [0, 0.05) is 6.04 Å². The van der Waals surface area contributed by atoms with Crippen molar-refractivity contribution in [3.63, 3.8) is 0 Å². The minimum atomic E-state index is -1.07. The van der Waals surface area contributed by atoms with Gasteiger partial charge >= 0.3 is 5.97 Å². The number of nitrogens with zero attached hydrogens (tertiary/aromatic N) is 4. The van der Waals surface area contributed by atoms with Gasteiger partial charge in [0.1, 0.15) is 12.3 Å². The van der Waals surface area contributed by atoms with E-state index in [0.717, 1.165) is 11.4 Å². The summed E-state index contributed by atoms with van der Waals surface area (Å²) in [5.74, 6) is -0.783. The quantitative estimate of drug-likeness (QED) is 0.814. The number of carbonyl (C=O) groups is 2. The van der Waals surface area contributed by atoms with E-state index in [0.29, 0.717) is 5.69 Å². The van der Waals surface area contributed by atoms with Crippen LogP contribution in [-0.4, -0.2) is 55.6 Å². The van der Waals surface area contributed by atoms with E-state index < -0.39 is 11.9 Å². The van der Waals surface area contributed by atoms with E-state index in [2.05, 4.69) is 10.3 Å². The molecule has 26 heavy (non-hydrogen) atoms. The first kappa shape index (κ1) is 19.4. The molecule has 8 heteroatoms. The van der Waals surface area contributed by atoms with Gasteiger partial charge in [-0.1, -0.05) is 5.21 Å². The Morgan fingerprint density at radius 3 is 2.31 bits per heavy atom. The summed E-state index contributed by atoms with van der Waals surface area (Å²) in [4.78, 5) is 25.0. The number of carboxylic acids is 1. The molecule has 2 aromatic rings. The molecule has 1 aromatic heterocycles.